The van der Waals surface area contributed by atoms with Crippen molar-refractivity contribution < 1.29 is 9.59 Å². The molecule has 2 amide bonds. The van der Waals surface area contributed by atoms with Gasteiger partial charge in [0.2, 0.25) is 11.9 Å². The van der Waals surface area contributed by atoms with E-state index in [9.17, 15) is 9.59 Å². The van der Waals surface area contributed by atoms with E-state index in [4.69, 9.17) is 0 Å². The van der Waals surface area contributed by atoms with Gasteiger partial charge in [0.25, 0.3) is 5.91 Å². The SMILES string of the molecule is Cc1ccc(C)c(N2N=C(C(=O)NCc3ccnc(N(C)C)n3)CCC2=O)c1. The van der Waals surface area contributed by atoms with Crippen molar-refractivity contribution >= 4 is 29.2 Å². The summed E-state index contributed by atoms with van der Waals surface area (Å²) in [7, 11) is 3.71. The van der Waals surface area contributed by atoms with Crippen molar-refractivity contribution in [2.45, 2.75) is 33.2 Å². The van der Waals surface area contributed by atoms with Crippen molar-refractivity contribution in [1.82, 2.24) is 15.3 Å². The first-order chi connectivity index (χ1) is 13.3. The van der Waals surface area contributed by atoms with Gasteiger partial charge in [-0.1, -0.05) is 12.1 Å². The second-order valence-electron chi connectivity index (χ2n) is 6.97. The predicted octanol–water partition coefficient (Wildman–Crippen LogP) is 1.96. The van der Waals surface area contributed by atoms with Crippen molar-refractivity contribution in [3.05, 3.63) is 47.3 Å². The van der Waals surface area contributed by atoms with Gasteiger partial charge in [0.15, 0.2) is 0 Å². The summed E-state index contributed by atoms with van der Waals surface area (Å²) in [5, 5.41) is 8.51. The number of carbonyl (C=O) groups excluding carboxylic acids is 2. The molecular weight excluding hydrogens is 356 g/mol. The molecule has 0 saturated carbocycles. The molecule has 0 unspecified atom stereocenters. The fourth-order valence-corrected chi connectivity index (χ4v) is 2.82. The van der Waals surface area contributed by atoms with Crippen LogP contribution in [-0.2, 0) is 16.1 Å². The van der Waals surface area contributed by atoms with Gasteiger partial charge >= 0.3 is 0 Å². The first kappa shape index (κ1) is 19.5. The van der Waals surface area contributed by atoms with Crippen LogP contribution in [0.3, 0.4) is 0 Å². The van der Waals surface area contributed by atoms with Crippen LogP contribution in [0.2, 0.25) is 0 Å². The van der Waals surface area contributed by atoms with Crippen LogP contribution in [0.4, 0.5) is 11.6 Å². The Kier molecular flexibility index (Phi) is 5.67. The second-order valence-corrected chi connectivity index (χ2v) is 6.97. The molecular formula is C20H24N6O2. The van der Waals surface area contributed by atoms with E-state index in [1.165, 1.54) is 5.01 Å². The molecule has 1 aliphatic rings. The summed E-state index contributed by atoms with van der Waals surface area (Å²) >= 11 is 0. The summed E-state index contributed by atoms with van der Waals surface area (Å²) in [4.78, 5) is 35.3. The van der Waals surface area contributed by atoms with Gasteiger partial charge in [0, 0.05) is 33.1 Å². The van der Waals surface area contributed by atoms with E-state index in [-0.39, 0.29) is 24.8 Å². The Balaban J connectivity index is 1.75. The number of nitrogens with zero attached hydrogens (tertiary/aromatic N) is 5. The second kappa shape index (κ2) is 8.16. The summed E-state index contributed by atoms with van der Waals surface area (Å²) in [6, 6.07) is 7.58. The molecule has 0 aliphatic carbocycles. The number of amides is 2. The molecule has 146 valence electrons. The Morgan fingerprint density at radius 1 is 1.21 bits per heavy atom. The molecule has 3 rings (SSSR count). The van der Waals surface area contributed by atoms with Crippen LogP contribution in [0.5, 0.6) is 0 Å². The van der Waals surface area contributed by atoms with E-state index in [1.54, 1.807) is 17.2 Å². The average Bonchev–Trinajstić information content (AvgIpc) is 2.68. The van der Waals surface area contributed by atoms with Crippen LogP contribution in [0.15, 0.2) is 35.6 Å². The number of aromatic nitrogens is 2. The van der Waals surface area contributed by atoms with Gasteiger partial charge in [-0.15, -0.1) is 0 Å². The Morgan fingerprint density at radius 3 is 2.75 bits per heavy atom. The summed E-state index contributed by atoms with van der Waals surface area (Å²) in [6.07, 6.45) is 2.22. The van der Waals surface area contributed by atoms with Gasteiger partial charge in [0.1, 0.15) is 5.71 Å². The molecule has 28 heavy (non-hydrogen) atoms. The van der Waals surface area contributed by atoms with Gasteiger partial charge in [-0.3, -0.25) is 9.59 Å². The molecule has 1 aromatic heterocycles. The molecule has 0 saturated heterocycles. The number of anilines is 2. The minimum Gasteiger partial charge on any atom is -0.347 e. The third kappa shape index (κ3) is 4.33. The van der Waals surface area contributed by atoms with Crippen LogP contribution in [0.1, 0.15) is 29.7 Å². The number of hydrogen-bond donors (Lipinski definition) is 1. The minimum atomic E-state index is -0.298. The molecule has 8 heteroatoms. The van der Waals surface area contributed by atoms with Crippen LogP contribution in [-0.4, -0.2) is 41.6 Å². The van der Waals surface area contributed by atoms with Crippen LogP contribution in [0, 0.1) is 13.8 Å². The number of hydrazone groups is 1. The van der Waals surface area contributed by atoms with E-state index in [1.807, 2.05) is 46.1 Å². The molecule has 2 heterocycles. The van der Waals surface area contributed by atoms with Crippen LogP contribution < -0.4 is 15.2 Å². The largest absolute Gasteiger partial charge is 0.347 e. The fraction of sp³-hybridized carbons (Fsp3) is 0.350. The first-order valence-electron chi connectivity index (χ1n) is 9.10. The van der Waals surface area contributed by atoms with E-state index >= 15 is 0 Å². The number of rotatable bonds is 5. The number of benzene rings is 1. The van der Waals surface area contributed by atoms with Gasteiger partial charge in [-0.25, -0.2) is 15.0 Å². The third-order valence-corrected chi connectivity index (χ3v) is 4.42. The maximum atomic E-state index is 12.6. The maximum absolute atomic E-state index is 12.6. The van der Waals surface area contributed by atoms with Crippen molar-refractivity contribution in [1.29, 1.82) is 0 Å². The molecule has 0 radical (unpaired) electrons. The summed E-state index contributed by atoms with van der Waals surface area (Å²) in [6.45, 7) is 4.14. The van der Waals surface area contributed by atoms with E-state index in [0.29, 0.717) is 29.5 Å². The van der Waals surface area contributed by atoms with Gasteiger partial charge < -0.3 is 10.2 Å². The predicted molar refractivity (Wildman–Crippen MR) is 108 cm³/mol. The number of hydrogen-bond acceptors (Lipinski definition) is 6. The smallest absolute Gasteiger partial charge is 0.267 e. The standard InChI is InChI=1S/C20H24N6O2/c1-13-5-6-14(2)17(11-13)26-18(27)8-7-16(24-26)19(28)22-12-15-9-10-21-20(23-15)25(3)4/h5-6,9-11H,7-8,12H2,1-4H3,(H,22,28). The molecule has 0 spiro atoms. The van der Waals surface area contributed by atoms with Crippen LogP contribution in [0.25, 0.3) is 0 Å². The van der Waals surface area contributed by atoms with Crippen molar-refractivity contribution in [2.24, 2.45) is 5.10 Å². The quantitative estimate of drug-likeness (QED) is 0.856. The lowest BCUT2D eigenvalue weighted by Crippen LogP contribution is -2.39. The van der Waals surface area contributed by atoms with E-state index in [0.717, 1.165) is 11.1 Å². The van der Waals surface area contributed by atoms with E-state index in [2.05, 4.69) is 20.4 Å². The van der Waals surface area contributed by atoms with E-state index < -0.39 is 0 Å². The zero-order valence-corrected chi connectivity index (χ0v) is 16.6. The van der Waals surface area contributed by atoms with Gasteiger partial charge in [0.05, 0.1) is 17.9 Å². The highest BCUT2D eigenvalue weighted by Crippen LogP contribution is 2.25. The highest BCUT2D eigenvalue weighted by molar-refractivity contribution is 6.40. The average molecular weight is 380 g/mol. The molecule has 2 aromatic rings. The maximum Gasteiger partial charge on any atom is 0.267 e. The molecule has 1 aromatic carbocycles. The van der Waals surface area contributed by atoms with Crippen molar-refractivity contribution in [3.8, 4) is 0 Å². The normalized spacial score (nSPS) is 13.9. The highest BCUT2D eigenvalue weighted by Gasteiger charge is 2.26. The molecule has 1 aliphatic heterocycles. The molecule has 0 atom stereocenters. The van der Waals surface area contributed by atoms with Gasteiger partial charge in [-0.05, 0) is 37.1 Å². The number of aryl methyl sites for hydroxylation is 2. The zero-order valence-electron chi connectivity index (χ0n) is 16.6. The molecule has 0 fully saturated rings. The summed E-state index contributed by atoms with van der Waals surface area (Å²) in [5.74, 6) is 0.165. The van der Waals surface area contributed by atoms with Gasteiger partial charge in [-0.2, -0.15) is 5.10 Å². The number of nitrogens with one attached hydrogen (secondary N) is 1. The Morgan fingerprint density at radius 2 is 2.00 bits per heavy atom. The summed E-state index contributed by atoms with van der Waals surface area (Å²) in [5.41, 5.74) is 3.71. The number of carbonyl (C=O) groups is 2. The Labute approximate surface area is 164 Å². The lowest BCUT2D eigenvalue weighted by Gasteiger charge is -2.24. The Bertz CT molecular complexity index is 938. The third-order valence-electron chi connectivity index (χ3n) is 4.42. The molecule has 0 bridgehead atoms. The summed E-state index contributed by atoms with van der Waals surface area (Å²) < 4.78 is 0. The molecule has 1 N–H and O–H groups in total. The highest BCUT2D eigenvalue weighted by atomic mass is 16.2. The lowest BCUT2D eigenvalue weighted by atomic mass is 10.1. The zero-order chi connectivity index (χ0) is 20.3. The van der Waals surface area contributed by atoms with Crippen molar-refractivity contribution in [3.63, 3.8) is 0 Å². The first-order valence-corrected chi connectivity index (χ1v) is 9.10. The molecule has 8 nitrogen and oxygen atoms in total. The fourth-order valence-electron chi connectivity index (χ4n) is 2.82. The van der Waals surface area contributed by atoms with Crippen molar-refractivity contribution in [2.75, 3.05) is 24.0 Å². The topological polar surface area (TPSA) is 90.8 Å². The monoisotopic (exact) mass is 380 g/mol. The lowest BCUT2D eigenvalue weighted by molar-refractivity contribution is -0.119. The van der Waals surface area contributed by atoms with Crippen LogP contribution >= 0.6 is 0 Å². The Hall–Kier alpha value is -3.29. The minimum absolute atomic E-state index is 0.114.